The lowest BCUT2D eigenvalue weighted by molar-refractivity contribution is 0.460. The van der Waals surface area contributed by atoms with E-state index in [1.807, 2.05) is 25.1 Å². The third-order valence-electron chi connectivity index (χ3n) is 2.14. The molecule has 2 rings (SSSR count). The van der Waals surface area contributed by atoms with Gasteiger partial charge in [0.15, 0.2) is 0 Å². The minimum absolute atomic E-state index is 0.485. The van der Waals surface area contributed by atoms with Crippen LogP contribution in [0.3, 0.4) is 0 Å². The van der Waals surface area contributed by atoms with E-state index in [9.17, 15) is 0 Å². The van der Waals surface area contributed by atoms with Crippen LogP contribution < -0.4 is 10.5 Å². The molecular weight excluding hydrogens is 202 g/mol. The number of aryl methyl sites for hydroxylation is 1. The summed E-state index contributed by atoms with van der Waals surface area (Å²) in [6.45, 7) is 2.41. The lowest BCUT2D eigenvalue weighted by Crippen LogP contribution is -1.97. The Bertz CT molecular complexity index is 451. The second kappa shape index (κ2) is 4.72. The molecule has 16 heavy (non-hydrogen) atoms. The van der Waals surface area contributed by atoms with E-state index in [4.69, 9.17) is 10.5 Å². The van der Waals surface area contributed by atoms with Crippen molar-refractivity contribution in [3.05, 3.63) is 47.9 Å². The first-order valence-electron chi connectivity index (χ1n) is 5.03. The summed E-state index contributed by atoms with van der Waals surface area (Å²) < 4.78 is 5.52. The van der Waals surface area contributed by atoms with Gasteiger partial charge in [0.05, 0.1) is 6.20 Å². The second-order valence-electron chi connectivity index (χ2n) is 3.45. The van der Waals surface area contributed by atoms with Crippen molar-refractivity contribution < 1.29 is 4.74 Å². The highest BCUT2D eigenvalue weighted by Gasteiger charge is 1.98. The molecule has 0 unspecified atom stereocenters. The molecule has 82 valence electrons. The Morgan fingerprint density at radius 2 is 2.00 bits per heavy atom. The van der Waals surface area contributed by atoms with Crippen LogP contribution in [-0.2, 0) is 6.54 Å². The van der Waals surface area contributed by atoms with Gasteiger partial charge in [0.2, 0.25) is 5.88 Å². The fourth-order valence-electron chi connectivity index (χ4n) is 1.23. The van der Waals surface area contributed by atoms with Gasteiger partial charge in [-0.2, -0.15) is 0 Å². The molecule has 0 amide bonds. The third-order valence-corrected chi connectivity index (χ3v) is 2.14. The summed E-state index contributed by atoms with van der Waals surface area (Å²) in [5, 5.41) is 0. The van der Waals surface area contributed by atoms with Gasteiger partial charge in [-0.25, -0.2) is 4.98 Å². The molecule has 2 heterocycles. The standard InChI is InChI=1S/C12H13N3O/c1-9-2-4-11(8-14-9)16-12-5-3-10(6-13)7-15-12/h2-5,7-8H,6,13H2,1H3. The van der Waals surface area contributed by atoms with E-state index in [0.29, 0.717) is 18.2 Å². The van der Waals surface area contributed by atoms with Crippen LogP contribution in [0, 0.1) is 6.92 Å². The quantitative estimate of drug-likeness (QED) is 0.851. The normalized spacial score (nSPS) is 10.1. The van der Waals surface area contributed by atoms with E-state index < -0.39 is 0 Å². The van der Waals surface area contributed by atoms with Gasteiger partial charge < -0.3 is 10.5 Å². The van der Waals surface area contributed by atoms with Crippen molar-refractivity contribution in [1.29, 1.82) is 0 Å². The van der Waals surface area contributed by atoms with E-state index in [0.717, 1.165) is 11.3 Å². The molecule has 0 atom stereocenters. The van der Waals surface area contributed by atoms with Crippen molar-refractivity contribution in [1.82, 2.24) is 9.97 Å². The molecule has 0 aliphatic heterocycles. The Morgan fingerprint density at radius 3 is 2.56 bits per heavy atom. The zero-order valence-corrected chi connectivity index (χ0v) is 9.05. The lowest BCUT2D eigenvalue weighted by atomic mass is 10.3. The fourth-order valence-corrected chi connectivity index (χ4v) is 1.23. The molecule has 0 saturated carbocycles. The largest absolute Gasteiger partial charge is 0.437 e. The van der Waals surface area contributed by atoms with E-state index in [1.165, 1.54) is 0 Å². The van der Waals surface area contributed by atoms with Crippen molar-refractivity contribution in [3.63, 3.8) is 0 Å². The van der Waals surface area contributed by atoms with E-state index in [2.05, 4.69) is 9.97 Å². The first-order valence-corrected chi connectivity index (χ1v) is 5.03. The third kappa shape index (κ3) is 2.55. The van der Waals surface area contributed by atoms with Gasteiger partial charge in [-0.1, -0.05) is 6.07 Å². The van der Waals surface area contributed by atoms with Crippen molar-refractivity contribution >= 4 is 0 Å². The Kier molecular flexibility index (Phi) is 3.12. The number of nitrogens with two attached hydrogens (primary N) is 1. The molecule has 0 bridgehead atoms. The summed E-state index contributed by atoms with van der Waals surface area (Å²) in [5.41, 5.74) is 7.42. The molecule has 2 N–H and O–H groups in total. The molecule has 0 radical (unpaired) electrons. The minimum atomic E-state index is 0.485. The molecule has 0 spiro atoms. The molecule has 2 aromatic rings. The second-order valence-corrected chi connectivity index (χ2v) is 3.45. The first kappa shape index (κ1) is 10.6. The van der Waals surface area contributed by atoms with Crippen LogP contribution in [-0.4, -0.2) is 9.97 Å². The predicted molar refractivity (Wildman–Crippen MR) is 61.2 cm³/mol. The molecule has 4 nitrogen and oxygen atoms in total. The molecule has 0 aliphatic rings. The van der Waals surface area contributed by atoms with E-state index in [1.54, 1.807) is 18.5 Å². The van der Waals surface area contributed by atoms with Crippen molar-refractivity contribution in [2.45, 2.75) is 13.5 Å². The fraction of sp³-hybridized carbons (Fsp3) is 0.167. The average Bonchev–Trinajstić information content (AvgIpc) is 2.33. The van der Waals surface area contributed by atoms with Crippen LogP contribution in [0.2, 0.25) is 0 Å². The number of hydrogen-bond donors (Lipinski definition) is 1. The van der Waals surface area contributed by atoms with Gasteiger partial charge >= 0.3 is 0 Å². The Labute approximate surface area is 94.1 Å². The summed E-state index contributed by atoms with van der Waals surface area (Å²) in [4.78, 5) is 8.27. The Balaban J connectivity index is 2.11. The topological polar surface area (TPSA) is 61.0 Å². The average molecular weight is 215 g/mol. The highest BCUT2D eigenvalue weighted by atomic mass is 16.5. The van der Waals surface area contributed by atoms with E-state index in [-0.39, 0.29) is 0 Å². The van der Waals surface area contributed by atoms with Gasteiger partial charge in [0.1, 0.15) is 5.75 Å². The summed E-state index contributed by atoms with van der Waals surface area (Å²) in [7, 11) is 0. The Morgan fingerprint density at radius 1 is 1.12 bits per heavy atom. The van der Waals surface area contributed by atoms with Gasteiger partial charge in [-0.15, -0.1) is 0 Å². The Hall–Kier alpha value is -1.94. The van der Waals surface area contributed by atoms with Crippen LogP contribution in [0.5, 0.6) is 11.6 Å². The minimum Gasteiger partial charge on any atom is -0.437 e. The molecule has 4 heteroatoms. The van der Waals surface area contributed by atoms with Crippen molar-refractivity contribution in [3.8, 4) is 11.6 Å². The number of ether oxygens (including phenoxy) is 1. The SMILES string of the molecule is Cc1ccc(Oc2ccc(CN)cn2)cn1. The molecule has 2 aromatic heterocycles. The van der Waals surface area contributed by atoms with Crippen LogP contribution in [0.15, 0.2) is 36.7 Å². The van der Waals surface area contributed by atoms with Crippen LogP contribution in [0.25, 0.3) is 0 Å². The number of rotatable bonds is 3. The van der Waals surface area contributed by atoms with Crippen molar-refractivity contribution in [2.75, 3.05) is 0 Å². The summed E-state index contributed by atoms with van der Waals surface area (Å²) in [6.07, 6.45) is 3.38. The highest BCUT2D eigenvalue weighted by molar-refractivity contribution is 5.26. The number of aromatic nitrogens is 2. The van der Waals surface area contributed by atoms with Gasteiger partial charge in [-0.05, 0) is 24.6 Å². The predicted octanol–water partition coefficient (Wildman–Crippen LogP) is 2.04. The maximum Gasteiger partial charge on any atom is 0.219 e. The summed E-state index contributed by atoms with van der Waals surface area (Å²) >= 11 is 0. The van der Waals surface area contributed by atoms with E-state index >= 15 is 0 Å². The molecule has 0 fully saturated rings. The number of pyridine rings is 2. The van der Waals surface area contributed by atoms with Crippen LogP contribution >= 0.6 is 0 Å². The number of nitrogens with zero attached hydrogens (tertiary/aromatic N) is 2. The van der Waals surface area contributed by atoms with Gasteiger partial charge in [0, 0.05) is 24.5 Å². The zero-order valence-electron chi connectivity index (χ0n) is 9.05. The summed E-state index contributed by atoms with van der Waals surface area (Å²) in [5.74, 6) is 1.22. The molecule has 0 aliphatic carbocycles. The monoisotopic (exact) mass is 215 g/mol. The molecular formula is C12H13N3O. The maximum atomic E-state index is 5.52. The van der Waals surface area contributed by atoms with Crippen LogP contribution in [0.4, 0.5) is 0 Å². The summed E-state index contributed by atoms with van der Waals surface area (Å²) in [6, 6.07) is 7.44. The van der Waals surface area contributed by atoms with Gasteiger partial charge in [-0.3, -0.25) is 4.98 Å². The lowest BCUT2D eigenvalue weighted by Gasteiger charge is -2.04. The molecule has 0 saturated heterocycles. The van der Waals surface area contributed by atoms with Crippen LogP contribution in [0.1, 0.15) is 11.3 Å². The first-order chi connectivity index (χ1) is 7.78. The van der Waals surface area contributed by atoms with Gasteiger partial charge in [0.25, 0.3) is 0 Å². The zero-order chi connectivity index (χ0) is 11.4. The highest BCUT2D eigenvalue weighted by Crippen LogP contribution is 2.18. The maximum absolute atomic E-state index is 5.52. The smallest absolute Gasteiger partial charge is 0.219 e. The molecule has 0 aromatic carbocycles. The number of hydrogen-bond acceptors (Lipinski definition) is 4. The van der Waals surface area contributed by atoms with Crippen molar-refractivity contribution in [2.24, 2.45) is 5.73 Å².